The molecule has 0 aliphatic carbocycles. The summed E-state index contributed by atoms with van der Waals surface area (Å²) in [5.41, 5.74) is 2.55. The maximum atomic E-state index is 15.6. The zero-order chi connectivity index (χ0) is 35.0. The fourth-order valence-corrected chi connectivity index (χ4v) is 9.02. The number of nitrogens with zero attached hydrogens (tertiary/aromatic N) is 1. The molecule has 11 heteroatoms. The van der Waals surface area contributed by atoms with Crippen molar-refractivity contribution < 1.29 is 31.8 Å². The van der Waals surface area contributed by atoms with Crippen molar-refractivity contribution in [3.63, 3.8) is 0 Å². The number of carboxylic acids is 1. The minimum Gasteiger partial charge on any atom is -0.481 e. The molecule has 1 unspecified atom stereocenters. The van der Waals surface area contributed by atoms with E-state index in [1.54, 1.807) is 18.5 Å². The van der Waals surface area contributed by atoms with Crippen molar-refractivity contribution in [3.8, 4) is 22.9 Å². The van der Waals surface area contributed by atoms with E-state index in [9.17, 15) is 18.3 Å². The minimum atomic E-state index is -3.54. The lowest BCUT2D eigenvalue weighted by atomic mass is 9.74. The molecular weight excluding hydrogens is 648 g/mol. The van der Waals surface area contributed by atoms with Crippen molar-refractivity contribution in [1.29, 1.82) is 0 Å². The quantitative estimate of drug-likeness (QED) is 0.174. The molecule has 0 radical (unpaired) electrons. The summed E-state index contributed by atoms with van der Waals surface area (Å²) < 4.78 is 64.2. The number of aryl methyl sites for hydroxylation is 2. The second-order valence-electron chi connectivity index (χ2n) is 14.1. The first-order valence-electron chi connectivity index (χ1n) is 16.6. The maximum Gasteiger partial charge on any atom is 0.303 e. The summed E-state index contributed by atoms with van der Waals surface area (Å²) in [6.45, 7) is 6.00. The summed E-state index contributed by atoms with van der Waals surface area (Å²) in [6.07, 6.45) is 6.67. The highest BCUT2D eigenvalue weighted by atomic mass is 32.2. The van der Waals surface area contributed by atoms with Crippen LogP contribution in [0.15, 0.2) is 67.0 Å². The molecule has 3 N–H and O–H groups in total. The number of carbonyl (C=O) groups is 1. The lowest BCUT2D eigenvalue weighted by Crippen LogP contribution is -2.27. The molecule has 3 heterocycles. The number of hydrogen-bond acceptors (Lipinski definition) is 5. The van der Waals surface area contributed by atoms with Gasteiger partial charge in [-0.1, -0.05) is 51.0 Å². The Hall–Kier alpha value is -4.51. The first-order valence-corrected chi connectivity index (χ1v) is 18.4. The average molecular weight is 690 g/mol. The highest BCUT2D eigenvalue weighted by molar-refractivity contribution is 7.91. The molecular formula is C38H41F2N3O5S. The van der Waals surface area contributed by atoms with Crippen LogP contribution in [-0.4, -0.2) is 46.0 Å². The lowest BCUT2D eigenvalue weighted by Gasteiger charge is -2.31. The van der Waals surface area contributed by atoms with Crippen molar-refractivity contribution in [1.82, 2.24) is 15.0 Å². The van der Waals surface area contributed by atoms with Gasteiger partial charge in [0.2, 0.25) is 0 Å². The SMILES string of the molecule is CC1(C)CCCCC(C)(c2cccc(CCC(=O)O)c2)c2cnc([nH]2)-c2cc(ccc2F)Oc2c(F)cc3[nH]ccc3c2CCS(=O)(=O)C1. The largest absolute Gasteiger partial charge is 0.481 e. The maximum absolute atomic E-state index is 15.6. The number of halogens is 2. The molecule has 4 bridgehead atoms. The summed E-state index contributed by atoms with van der Waals surface area (Å²) in [5.74, 6) is -1.95. The molecule has 1 aliphatic heterocycles. The number of aromatic amines is 2. The standard InChI is InChI=1S/C38H41F2N3O5S/c1-37(2)15-4-5-16-38(3,25-8-6-7-24(19-25)9-12-34(44)45)33-22-42-36(43-33)29-20-26(10-11-30(29)39)48-35-28(14-18-49(46,47)23-37)27-13-17-41-32(27)21-31(35)40/h6-8,10-11,13,17,19-22,41H,4-5,9,12,14-16,18,23H2,1-3H3,(H,42,43)(H,44,45). The first kappa shape index (κ1) is 34.4. The van der Waals surface area contributed by atoms with Crippen LogP contribution in [-0.2, 0) is 32.9 Å². The van der Waals surface area contributed by atoms with Gasteiger partial charge in [0.05, 0.1) is 17.1 Å². The molecule has 258 valence electrons. The van der Waals surface area contributed by atoms with E-state index < -0.39 is 38.3 Å². The van der Waals surface area contributed by atoms with Crippen molar-refractivity contribution in [2.24, 2.45) is 5.41 Å². The highest BCUT2D eigenvalue weighted by Gasteiger charge is 2.33. The molecule has 1 atom stereocenters. The number of hydrogen-bond donors (Lipinski definition) is 3. The molecule has 0 saturated carbocycles. The predicted octanol–water partition coefficient (Wildman–Crippen LogP) is 8.51. The molecule has 5 aromatic rings. The smallest absolute Gasteiger partial charge is 0.303 e. The monoisotopic (exact) mass is 689 g/mol. The van der Waals surface area contributed by atoms with Crippen LogP contribution in [0.4, 0.5) is 8.78 Å². The Kier molecular flexibility index (Phi) is 9.41. The van der Waals surface area contributed by atoms with E-state index >= 15 is 8.78 Å². The van der Waals surface area contributed by atoms with Gasteiger partial charge in [-0.15, -0.1) is 0 Å². The average Bonchev–Trinajstić information content (AvgIpc) is 3.73. The van der Waals surface area contributed by atoms with E-state index in [0.717, 1.165) is 29.7 Å². The normalized spacial score (nSPS) is 19.6. The third-order valence-electron chi connectivity index (χ3n) is 9.70. The van der Waals surface area contributed by atoms with E-state index in [4.69, 9.17) is 4.74 Å². The van der Waals surface area contributed by atoms with Crippen LogP contribution >= 0.6 is 0 Å². The van der Waals surface area contributed by atoms with Gasteiger partial charge in [-0.2, -0.15) is 0 Å². The van der Waals surface area contributed by atoms with Crippen molar-refractivity contribution in [3.05, 3.63) is 101 Å². The Morgan fingerprint density at radius 2 is 1.82 bits per heavy atom. The lowest BCUT2D eigenvalue weighted by molar-refractivity contribution is -0.136. The number of imidazole rings is 1. The van der Waals surface area contributed by atoms with E-state index in [0.29, 0.717) is 35.7 Å². The van der Waals surface area contributed by atoms with E-state index in [-0.39, 0.29) is 47.2 Å². The Bertz CT molecular complexity index is 2120. The topological polar surface area (TPSA) is 125 Å². The van der Waals surface area contributed by atoms with Gasteiger partial charge < -0.3 is 19.8 Å². The van der Waals surface area contributed by atoms with Gasteiger partial charge in [0.1, 0.15) is 17.4 Å². The Morgan fingerprint density at radius 1 is 1.02 bits per heavy atom. The van der Waals surface area contributed by atoms with Gasteiger partial charge in [0, 0.05) is 52.5 Å². The molecule has 0 saturated heterocycles. The zero-order valence-electron chi connectivity index (χ0n) is 27.9. The molecule has 1 aliphatic rings. The van der Waals surface area contributed by atoms with Gasteiger partial charge in [-0.3, -0.25) is 4.79 Å². The minimum absolute atomic E-state index is 0.00842. The number of nitrogens with one attached hydrogen (secondary N) is 2. The molecule has 3 aromatic carbocycles. The van der Waals surface area contributed by atoms with Crippen molar-refractivity contribution >= 4 is 26.7 Å². The van der Waals surface area contributed by atoms with E-state index in [1.807, 2.05) is 38.1 Å². The molecule has 8 nitrogen and oxygen atoms in total. The molecule has 0 fully saturated rings. The summed E-state index contributed by atoms with van der Waals surface area (Å²) >= 11 is 0. The number of benzene rings is 3. The summed E-state index contributed by atoms with van der Waals surface area (Å²) in [7, 11) is -3.54. The summed E-state index contributed by atoms with van der Waals surface area (Å²) in [5, 5.41) is 9.91. The third kappa shape index (κ3) is 7.56. The molecule has 2 aromatic heterocycles. The summed E-state index contributed by atoms with van der Waals surface area (Å²) in [4.78, 5) is 22.2. The number of aliphatic carboxylic acids is 1. The Morgan fingerprint density at radius 3 is 2.61 bits per heavy atom. The Balaban J connectivity index is 1.45. The number of fused-ring (bicyclic) bond motifs is 8. The Labute approximate surface area is 284 Å². The zero-order valence-corrected chi connectivity index (χ0v) is 28.7. The molecule has 0 amide bonds. The van der Waals surface area contributed by atoms with Crippen LogP contribution in [0.3, 0.4) is 0 Å². The molecule has 49 heavy (non-hydrogen) atoms. The van der Waals surface area contributed by atoms with Crippen LogP contribution in [0.25, 0.3) is 22.3 Å². The number of H-pyrrole nitrogens is 2. The number of carboxylic acid groups (broad SMARTS) is 1. The summed E-state index contributed by atoms with van der Waals surface area (Å²) in [6, 6.07) is 15.0. The fraction of sp³-hybridized carbons (Fsp3) is 0.368. The highest BCUT2D eigenvalue weighted by Crippen LogP contribution is 2.40. The fourth-order valence-electron chi connectivity index (χ4n) is 7.02. The van der Waals surface area contributed by atoms with Gasteiger partial charge in [0.25, 0.3) is 0 Å². The van der Waals surface area contributed by atoms with E-state index in [1.165, 1.54) is 24.3 Å². The number of rotatable bonds is 4. The number of aromatic nitrogens is 3. The first-order chi connectivity index (χ1) is 23.2. The van der Waals surface area contributed by atoms with Crippen LogP contribution in [0.1, 0.15) is 75.3 Å². The van der Waals surface area contributed by atoms with Crippen LogP contribution in [0.5, 0.6) is 11.5 Å². The van der Waals surface area contributed by atoms with Gasteiger partial charge in [-0.25, -0.2) is 22.2 Å². The van der Waals surface area contributed by atoms with Crippen LogP contribution in [0, 0.1) is 17.0 Å². The second kappa shape index (κ2) is 13.4. The predicted molar refractivity (Wildman–Crippen MR) is 186 cm³/mol. The van der Waals surface area contributed by atoms with Gasteiger partial charge >= 0.3 is 5.97 Å². The molecule has 0 spiro atoms. The number of ether oxygens (including phenoxy) is 1. The van der Waals surface area contributed by atoms with Gasteiger partial charge in [0.15, 0.2) is 21.4 Å². The van der Waals surface area contributed by atoms with E-state index in [2.05, 4.69) is 21.9 Å². The van der Waals surface area contributed by atoms with Gasteiger partial charge in [-0.05, 0) is 73.4 Å². The van der Waals surface area contributed by atoms with Crippen molar-refractivity contribution in [2.75, 3.05) is 11.5 Å². The third-order valence-corrected chi connectivity index (χ3v) is 11.7. The van der Waals surface area contributed by atoms with Crippen LogP contribution < -0.4 is 4.74 Å². The van der Waals surface area contributed by atoms with Crippen LogP contribution in [0.2, 0.25) is 0 Å². The number of sulfone groups is 1. The molecule has 6 rings (SSSR count). The second-order valence-corrected chi connectivity index (χ2v) is 16.3. The van der Waals surface area contributed by atoms with Crippen molar-refractivity contribution in [2.45, 2.75) is 71.1 Å².